The zero-order valence-corrected chi connectivity index (χ0v) is 10.6. The molecule has 18 heavy (non-hydrogen) atoms. The Hall–Kier alpha value is -1.44. The van der Waals surface area contributed by atoms with Crippen LogP contribution >= 0.6 is 0 Å². The van der Waals surface area contributed by atoms with E-state index in [2.05, 4.69) is 10.2 Å². The van der Waals surface area contributed by atoms with Crippen LogP contribution in [-0.2, 0) is 6.54 Å². The van der Waals surface area contributed by atoms with Gasteiger partial charge in [0.25, 0.3) is 0 Å². The monoisotopic (exact) mass is 247 g/mol. The molecule has 1 aliphatic rings. The van der Waals surface area contributed by atoms with E-state index in [1.165, 1.54) is 18.6 Å². The third-order valence-electron chi connectivity index (χ3n) is 3.36. The quantitative estimate of drug-likeness (QED) is 0.881. The standard InChI is InChI=1S/C14H18FN3/c1-17-8-11-2-3-18(9-11)10-13-4-12(7-16)5-14(15)6-13/h4-6,11,17H,2-3,8-10H2,1H3. The number of halogens is 1. The average Bonchev–Trinajstić information content (AvgIpc) is 2.76. The highest BCUT2D eigenvalue weighted by molar-refractivity contribution is 5.33. The normalized spacial score (nSPS) is 19.9. The summed E-state index contributed by atoms with van der Waals surface area (Å²) < 4.78 is 13.3. The molecule has 0 spiro atoms. The number of nitriles is 1. The summed E-state index contributed by atoms with van der Waals surface area (Å²) in [6.45, 7) is 3.85. The second-order valence-electron chi connectivity index (χ2n) is 4.91. The number of nitrogens with zero attached hydrogens (tertiary/aromatic N) is 2. The van der Waals surface area contributed by atoms with E-state index in [-0.39, 0.29) is 5.82 Å². The van der Waals surface area contributed by atoms with Crippen LogP contribution in [0.3, 0.4) is 0 Å². The first kappa shape index (κ1) is 13.0. The molecule has 1 aliphatic heterocycles. The van der Waals surface area contributed by atoms with E-state index in [1.54, 1.807) is 6.07 Å². The summed E-state index contributed by atoms with van der Waals surface area (Å²) in [6.07, 6.45) is 1.18. The van der Waals surface area contributed by atoms with E-state index in [0.29, 0.717) is 11.5 Å². The van der Waals surface area contributed by atoms with Gasteiger partial charge in [-0.2, -0.15) is 5.26 Å². The Kier molecular flexibility index (Phi) is 4.29. The Morgan fingerprint density at radius 1 is 1.50 bits per heavy atom. The molecule has 0 radical (unpaired) electrons. The van der Waals surface area contributed by atoms with Crippen molar-refractivity contribution in [3.05, 3.63) is 35.1 Å². The maximum absolute atomic E-state index is 13.3. The molecule has 0 saturated carbocycles. The van der Waals surface area contributed by atoms with Crippen molar-refractivity contribution in [1.29, 1.82) is 5.26 Å². The van der Waals surface area contributed by atoms with E-state index >= 15 is 0 Å². The second-order valence-corrected chi connectivity index (χ2v) is 4.91. The lowest BCUT2D eigenvalue weighted by Crippen LogP contribution is -2.24. The van der Waals surface area contributed by atoms with Crippen LogP contribution in [0.1, 0.15) is 17.5 Å². The SMILES string of the molecule is CNCC1CCN(Cc2cc(F)cc(C#N)c2)C1. The number of rotatable bonds is 4. The predicted octanol–water partition coefficient (Wildman–Crippen LogP) is 1.74. The lowest BCUT2D eigenvalue weighted by atomic mass is 10.1. The van der Waals surface area contributed by atoms with Crippen LogP contribution in [-0.4, -0.2) is 31.6 Å². The first-order valence-electron chi connectivity index (χ1n) is 6.28. The molecule has 1 unspecified atom stereocenters. The van der Waals surface area contributed by atoms with Gasteiger partial charge in [-0.05, 0) is 56.2 Å². The fourth-order valence-electron chi connectivity index (χ4n) is 2.58. The highest BCUT2D eigenvalue weighted by Gasteiger charge is 2.21. The molecular formula is C14H18FN3. The third kappa shape index (κ3) is 3.28. The van der Waals surface area contributed by atoms with E-state index < -0.39 is 0 Å². The lowest BCUT2D eigenvalue weighted by Gasteiger charge is -2.16. The molecule has 0 aromatic heterocycles. The van der Waals surface area contributed by atoms with Gasteiger partial charge < -0.3 is 5.32 Å². The van der Waals surface area contributed by atoms with Crippen LogP contribution in [0, 0.1) is 23.1 Å². The van der Waals surface area contributed by atoms with Crippen LogP contribution in [0.5, 0.6) is 0 Å². The van der Waals surface area contributed by atoms with E-state index in [1.807, 2.05) is 13.1 Å². The first-order valence-corrected chi connectivity index (χ1v) is 6.28. The summed E-state index contributed by atoms with van der Waals surface area (Å²) in [5.41, 5.74) is 1.28. The van der Waals surface area contributed by atoms with Crippen LogP contribution in [0.25, 0.3) is 0 Å². The van der Waals surface area contributed by atoms with Crippen molar-refractivity contribution in [2.24, 2.45) is 5.92 Å². The highest BCUT2D eigenvalue weighted by Crippen LogP contribution is 2.19. The maximum Gasteiger partial charge on any atom is 0.124 e. The fraction of sp³-hybridized carbons (Fsp3) is 0.500. The largest absolute Gasteiger partial charge is 0.319 e. The number of benzene rings is 1. The van der Waals surface area contributed by atoms with Gasteiger partial charge in [-0.25, -0.2) is 4.39 Å². The molecule has 0 aliphatic carbocycles. The van der Waals surface area contributed by atoms with Gasteiger partial charge in [-0.15, -0.1) is 0 Å². The molecule has 2 rings (SSSR count). The summed E-state index contributed by atoms with van der Waals surface area (Å²) in [4.78, 5) is 2.32. The summed E-state index contributed by atoms with van der Waals surface area (Å²) >= 11 is 0. The second kappa shape index (κ2) is 5.94. The van der Waals surface area contributed by atoms with Gasteiger partial charge in [-0.1, -0.05) is 0 Å². The van der Waals surface area contributed by atoms with Crippen molar-refractivity contribution in [2.45, 2.75) is 13.0 Å². The molecule has 1 heterocycles. The smallest absolute Gasteiger partial charge is 0.124 e. The lowest BCUT2D eigenvalue weighted by molar-refractivity contribution is 0.315. The minimum absolute atomic E-state index is 0.324. The topological polar surface area (TPSA) is 39.1 Å². The molecule has 96 valence electrons. The predicted molar refractivity (Wildman–Crippen MR) is 68.4 cm³/mol. The molecule has 1 aromatic rings. The highest BCUT2D eigenvalue weighted by atomic mass is 19.1. The van der Waals surface area contributed by atoms with Crippen LogP contribution in [0.4, 0.5) is 4.39 Å². The van der Waals surface area contributed by atoms with Crippen molar-refractivity contribution in [3.63, 3.8) is 0 Å². The van der Waals surface area contributed by atoms with Crippen molar-refractivity contribution in [3.8, 4) is 6.07 Å². The minimum atomic E-state index is -0.324. The van der Waals surface area contributed by atoms with E-state index in [9.17, 15) is 4.39 Å². The Morgan fingerprint density at radius 3 is 3.06 bits per heavy atom. The summed E-state index contributed by atoms with van der Waals surface area (Å²) in [7, 11) is 1.97. The van der Waals surface area contributed by atoms with Gasteiger partial charge in [0.1, 0.15) is 5.82 Å². The summed E-state index contributed by atoms with van der Waals surface area (Å²) in [5.74, 6) is 0.356. The molecule has 1 N–H and O–H groups in total. The molecule has 0 amide bonds. The average molecular weight is 247 g/mol. The fourth-order valence-corrected chi connectivity index (χ4v) is 2.58. The molecule has 3 nitrogen and oxygen atoms in total. The molecule has 1 aromatic carbocycles. The first-order chi connectivity index (χ1) is 8.71. The zero-order valence-electron chi connectivity index (χ0n) is 10.6. The Bertz CT molecular complexity index is 453. The van der Waals surface area contributed by atoms with Crippen LogP contribution in [0.15, 0.2) is 18.2 Å². The van der Waals surface area contributed by atoms with Gasteiger partial charge >= 0.3 is 0 Å². The van der Waals surface area contributed by atoms with Crippen molar-refractivity contribution < 1.29 is 4.39 Å². The molecule has 4 heteroatoms. The van der Waals surface area contributed by atoms with Crippen molar-refractivity contribution in [2.75, 3.05) is 26.7 Å². The van der Waals surface area contributed by atoms with E-state index in [4.69, 9.17) is 5.26 Å². The Labute approximate surface area is 107 Å². The summed E-state index contributed by atoms with van der Waals surface area (Å²) in [5, 5.41) is 12.0. The van der Waals surface area contributed by atoms with Crippen LogP contribution < -0.4 is 5.32 Å². The third-order valence-corrected chi connectivity index (χ3v) is 3.36. The van der Waals surface area contributed by atoms with E-state index in [0.717, 1.165) is 31.7 Å². The zero-order chi connectivity index (χ0) is 13.0. The van der Waals surface area contributed by atoms with Gasteiger partial charge in [0.05, 0.1) is 11.6 Å². The van der Waals surface area contributed by atoms with Gasteiger partial charge in [-0.3, -0.25) is 4.90 Å². The molecule has 1 saturated heterocycles. The Morgan fingerprint density at radius 2 is 2.33 bits per heavy atom. The summed E-state index contributed by atoms with van der Waals surface area (Å²) in [6, 6.07) is 6.56. The van der Waals surface area contributed by atoms with Gasteiger partial charge in [0.15, 0.2) is 0 Å². The molecule has 1 fully saturated rings. The molecule has 1 atom stereocenters. The number of hydrogen-bond donors (Lipinski definition) is 1. The Balaban J connectivity index is 1.98. The van der Waals surface area contributed by atoms with Crippen LogP contribution in [0.2, 0.25) is 0 Å². The van der Waals surface area contributed by atoms with Gasteiger partial charge in [0.2, 0.25) is 0 Å². The van der Waals surface area contributed by atoms with Crippen molar-refractivity contribution in [1.82, 2.24) is 10.2 Å². The number of nitrogens with one attached hydrogen (secondary N) is 1. The number of likely N-dealkylation sites (tertiary alicyclic amines) is 1. The minimum Gasteiger partial charge on any atom is -0.319 e. The molecule has 0 bridgehead atoms. The molecular weight excluding hydrogens is 229 g/mol. The van der Waals surface area contributed by atoms with Gasteiger partial charge in [0, 0.05) is 13.1 Å². The van der Waals surface area contributed by atoms with Crippen molar-refractivity contribution >= 4 is 0 Å². The number of hydrogen-bond acceptors (Lipinski definition) is 3. The maximum atomic E-state index is 13.3.